The largest absolute Gasteiger partial charge is 0.416 e. The van der Waals surface area contributed by atoms with E-state index in [4.69, 9.17) is 0 Å². The molecule has 1 N–H and O–H groups in total. The maximum Gasteiger partial charge on any atom is 0.416 e. The first kappa shape index (κ1) is 20.5. The molecule has 0 bridgehead atoms. The summed E-state index contributed by atoms with van der Waals surface area (Å²) in [6.07, 6.45) is 4.46. The van der Waals surface area contributed by atoms with E-state index in [-0.39, 0.29) is 23.7 Å². The fourth-order valence-electron chi connectivity index (χ4n) is 5.84. The quantitative estimate of drug-likeness (QED) is 0.772. The Bertz CT molecular complexity index is 960. The summed E-state index contributed by atoms with van der Waals surface area (Å²) in [5.74, 6) is 0.412. The zero-order valence-electron chi connectivity index (χ0n) is 17.6. The van der Waals surface area contributed by atoms with Gasteiger partial charge in [-0.25, -0.2) is 0 Å². The normalized spacial score (nSPS) is 28.8. The molecule has 0 radical (unpaired) electrons. The molecular formula is C23H27F3N4O. The third-order valence-electron chi connectivity index (χ3n) is 7.36. The van der Waals surface area contributed by atoms with Gasteiger partial charge in [0.25, 0.3) is 5.91 Å². The Morgan fingerprint density at radius 3 is 2.65 bits per heavy atom. The van der Waals surface area contributed by atoms with Crippen molar-refractivity contribution in [3.05, 3.63) is 52.4 Å². The Hall–Kier alpha value is -2.35. The zero-order valence-corrected chi connectivity index (χ0v) is 17.6. The van der Waals surface area contributed by atoms with Crippen molar-refractivity contribution >= 4 is 5.91 Å². The molecule has 1 aromatic rings. The van der Waals surface area contributed by atoms with Gasteiger partial charge in [0.1, 0.15) is 0 Å². The minimum atomic E-state index is -4.33. The maximum absolute atomic E-state index is 13.6. The SMILES string of the molecule is CN1CCc2c(C(=O)N3C[C@H]4CC(C5=C(C(F)(F)F)C=CC=CC5)C[C@H]4C3)n[nH]c2C1. The number of hydrogen-bond donors (Lipinski definition) is 1. The summed E-state index contributed by atoms with van der Waals surface area (Å²) >= 11 is 0. The van der Waals surface area contributed by atoms with Crippen molar-refractivity contribution in [1.82, 2.24) is 20.0 Å². The van der Waals surface area contributed by atoms with Crippen LogP contribution in [0.1, 0.15) is 41.0 Å². The summed E-state index contributed by atoms with van der Waals surface area (Å²) < 4.78 is 40.8. The van der Waals surface area contributed by atoms with Gasteiger partial charge in [0.2, 0.25) is 0 Å². The number of H-pyrrole nitrogens is 1. The summed E-state index contributed by atoms with van der Waals surface area (Å²) in [6.45, 7) is 2.89. The first-order chi connectivity index (χ1) is 14.8. The molecule has 166 valence electrons. The Morgan fingerprint density at radius 2 is 1.94 bits per heavy atom. The van der Waals surface area contributed by atoms with Gasteiger partial charge >= 0.3 is 6.18 Å². The number of aromatic nitrogens is 2. The average molecular weight is 432 g/mol. The van der Waals surface area contributed by atoms with Gasteiger partial charge < -0.3 is 9.80 Å². The van der Waals surface area contributed by atoms with E-state index in [1.54, 1.807) is 6.08 Å². The predicted molar refractivity (Wildman–Crippen MR) is 110 cm³/mol. The van der Waals surface area contributed by atoms with Crippen LogP contribution >= 0.6 is 0 Å². The molecule has 1 amide bonds. The first-order valence-electron chi connectivity index (χ1n) is 11.0. The summed E-state index contributed by atoms with van der Waals surface area (Å²) in [5, 5.41) is 7.34. The number of nitrogens with one attached hydrogen (secondary N) is 1. The standard InChI is InChI=1S/C23H27F3N4O/c1-29-8-7-18-20(13-29)27-28-21(18)22(31)30-11-15-9-14(10-16(15)12-30)17-5-3-2-4-6-19(17)23(24,25)26/h2-4,6,14-16H,5,7-13H2,1H3,(H,27,28)/t14?,15-,16+. The maximum atomic E-state index is 13.6. The van der Waals surface area contributed by atoms with Crippen LogP contribution < -0.4 is 0 Å². The van der Waals surface area contributed by atoms with E-state index >= 15 is 0 Å². The third kappa shape index (κ3) is 3.75. The number of likely N-dealkylation sites (N-methyl/N-ethyl adjacent to an activating group) is 1. The zero-order chi connectivity index (χ0) is 21.8. The van der Waals surface area contributed by atoms with E-state index in [9.17, 15) is 18.0 Å². The van der Waals surface area contributed by atoms with E-state index in [2.05, 4.69) is 15.1 Å². The lowest BCUT2D eigenvalue weighted by Gasteiger charge is -2.24. The second-order valence-electron chi connectivity index (χ2n) is 9.34. The highest BCUT2D eigenvalue weighted by molar-refractivity contribution is 5.94. The molecule has 0 spiro atoms. The lowest BCUT2D eigenvalue weighted by Crippen LogP contribution is -2.32. The molecular weight excluding hydrogens is 405 g/mol. The number of halogens is 3. The van der Waals surface area contributed by atoms with Crippen LogP contribution in [0.4, 0.5) is 13.2 Å². The van der Waals surface area contributed by atoms with Gasteiger partial charge in [-0.05, 0) is 50.5 Å². The lowest BCUT2D eigenvalue weighted by molar-refractivity contribution is -0.0895. The first-order valence-corrected chi connectivity index (χ1v) is 11.0. The number of fused-ring (bicyclic) bond motifs is 2. The summed E-state index contributed by atoms with van der Waals surface area (Å²) in [5.41, 5.74) is 2.59. The Labute approximate surface area is 179 Å². The Kier molecular flexibility index (Phi) is 5.07. The fraction of sp³-hybridized carbons (Fsp3) is 0.565. The van der Waals surface area contributed by atoms with Gasteiger partial charge in [0, 0.05) is 31.7 Å². The van der Waals surface area contributed by atoms with Crippen molar-refractivity contribution in [2.45, 2.75) is 38.4 Å². The van der Waals surface area contributed by atoms with E-state index in [0.29, 0.717) is 43.6 Å². The Balaban J connectivity index is 1.29. The van der Waals surface area contributed by atoms with E-state index in [0.717, 1.165) is 30.8 Å². The third-order valence-corrected chi connectivity index (χ3v) is 7.36. The van der Waals surface area contributed by atoms with Crippen molar-refractivity contribution < 1.29 is 18.0 Å². The van der Waals surface area contributed by atoms with E-state index < -0.39 is 11.7 Å². The minimum absolute atomic E-state index is 0.0384. The van der Waals surface area contributed by atoms with Gasteiger partial charge in [0.05, 0.1) is 11.3 Å². The number of alkyl halides is 3. The molecule has 5 rings (SSSR count). The number of nitrogens with zero attached hydrogens (tertiary/aromatic N) is 3. The van der Waals surface area contributed by atoms with Crippen LogP contribution in [0, 0.1) is 17.8 Å². The molecule has 8 heteroatoms. The highest BCUT2D eigenvalue weighted by Crippen LogP contribution is 2.48. The van der Waals surface area contributed by atoms with Crippen LogP contribution in [0.25, 0.3) is 0 Å². The summed E-state index contributed by atoms with van der Waals surface area (Å²) in [7, 11) is 2.04. The highest BCUT2D eigenvalue weighted by Gasteiger charge is 2.46. The van der Waals surface area contributed by atoms with Crippen molar-refractivity contribution in [3.63, 3.8) is 0 Å². The molecule has 1 aromatic heterocycles. The molecule has 0 aromatic carbocycles. The molecule has 1 saturated heterocycles. The van der Waals surface area contributed by atoms with Gasteiger partial charge in [0.15, 0.2) is 5.69 Å². The van der Waals surface area contributed by atoms with Gasteiger partial charge in [-0.3, -0.25) is 9.89 Å². The van der Waals surface area contributed by atoms with Crippen LogP contribution in [-0.4, -0.2) is 58.8 Å². The van der Waals surface area contributed by atoms with Gasteiger partial charge in [-0.15, -0.1) is 0 Å². The number of allylic oxidation sites excluding steroid dienone is 6. The number of likely N-dealkylation sites (tertiary alicyclic amines) is 1. The molecule has 4 aliphatic rings. The van der Waals surface area contributed by atoms with Crippen molar-refractivity contribution in [3.8, 4) is 0 Å². The summed E-state index contributed by atoms with van der Waals surface area (Å²) in [6, 6.07) is 0. The smallest absolute Gasteiger partial charge is 0.337 e. The second kappa shape index (κ2) is 7.65. The molecule has 31 heavy (non-hydrogen) atoms. The molecule has 2 aliphatic carbocycles. The molecule has 5 nitrogen and oxygen atoms in total. The monoisotopic (exact) mass is 432 g/mol. The number of rotatable bonds is 2. The van der Waals surface area contributed by atoms with Crippen LogP contribution in [0.2, 0.25) is 0 Å². The molecule has 3 heterocycles. The fourth-order valence-corrected chi connectivity index (χ4v) is 5.84. The number of aromatic amines is 1. The van der Waals surface area contributed by atoms with Crippen LogP contribution in [0.3, 0.4) is 0 Å². The highest BCUT2D eigenvalue weighted by atomic mass is 19.4. The van der Waals surface area contributed by atoms with Crippen LogP contribution in [0.15, 0.2) is 35.5 Å². The van der Waals surface area contributed by atoms with Crippen molar-refractivity contribution in [1.29, 1.82) is 0 Å². The van der Waals surface area contributed by atoms with Crippen LogP contribution in [-0.2, 0) is 13.0 Å². The molecule has 1 unspecified atom stereocenters. The topological polar surface area (TPSA) is 52.2 Å². The van der Waals surface area contributed by atoms with Crippen molar-refractivity contribution in [2.24, 2.45) is 17.8 Å². The predicted octanol–water partition coefficient (Wildman–Crippen LogP) is 3.87. The molecule has 3 atom stereocenters. The van der Waals surface area contributed by atoms with Gasteiger partial charge in [-0.1, -0.05) is 29.9 Å². The Morgan fingerprint density at radius 1 is 1.19 bits per heavy atom. The van der Waals surface area contributed by atoms with Crippen LogP contribution in [0.5, 0.6) is 0 Å². The number of amides is 1. The molecule has 2 fully saturated rings. The van der Waals surface area contributed by atoms with Gasteiger partial charge in [-0.2, -0.15) is 18.3 Å². The molecule has 1 saturated carbocycles. The number of carbonyl (C=O) groups excluding carboxylic acids is 1. The molecule has 2 aliphatic heterocycles. The second-order valence-corrected chi connectivity index (χ2v) is 9.34. The van der Waals surface area contributed by atoms with E-state index in [1.165, 1.54) is 12.2 Å². The lowest BCUT2D eigenvalue weighted by atomic mass is 9.89. The summed E-state index contributed by atoms with van der Waals surface area (Å²) in [4.78, 5) is 17.2. The van der Waals surface area contributed by atoms with Crippen molar-refractivity contribution in [2.75, 3.05) is 26.7 Å². The minimum Gasteiger partial charge on any atom is -0.337 e. The number of hydrogen-bond acceptors (Lipinski definition) is 3. The van der Waals surface area contributed by atoms with E-state index in [1.807, 2.05) is 18.0 Å². The average Bonchev–Trinajstić information content (AvgIpc) is 3.34. The number of carbonyl (C=O) groups is 1.